The number of ether oxygens (including phenoxy) is 1. The zero-order valence-electron chi connectivity index (χ0n) is 18.5. The van der Waals surface area contributed by atoms with E-state index in [1.807, 2.05) is 5.57 Å². The van der Waals surface area contributed by atoms with Crippen molar-refractivity contribution in [2.75, 3.05) is 14.1 Å². The number of hydrogen-bond acceptors (Lipinski definition) is 1. The van der Waals surface area contributed by atoms with Gasteiger partial charge in [-0.1, -0.05) is 48.7 Å². The Hall–Kier alpha value is -1.12. The second-order valence-electron chi connectivity index (χ2n) is 10.7. The lowest BCUT2D eigenvalue weighted by molar-refractivity contribution is -0.951. The molecule has 1 saturated carbocycles. The Morgan fingerprint density at radius 2 is 1.61 bits per heavy atom. The Kier molecular flexibility index (Phi) is 5.73. The van der Waals surface area contributed by atoms with E-state index in [1.165, 1.54) is 56.9 Å². The average molecular weight is 383 g/mol. The third kappa shape index (κ3) is 3.96. The molecule has 0 spiro atoms. The molecule has 1 aliphatic heterocycles. The Balaban J connectivity index is 1.55. The Labute approximate surface area is 172 Å². The molecule has 0 bridgehead atoms. The first kappa shape index (κ1) is 20.2. The highest BCUT2D eigenvalue weighted by molar-refractivity contribution is 5.28. The van der Waals surface area contributed by atoms with Crippen LogP contribution in [0.5, 0.6) is 0 Å². The van der Waals surface area contributed by atoms with Crippen molar-refractivity contribution in [1.29, 1.82) is 0 Å². The first-order valence-electron chi connectivity index (χ1n) is 11.6. The molecule has 1 aromatic carbocycles. The molecule has 0 unspecified atom stereocenters. The molecule has 28 heavy (non-hydrogen) atoms. The van der Waals surface area contributed by atoms with Crippen LogP contribution in [0.15, 0.2) is 41.5 Å². The van der Waals surface area contributed by atoms with Gasteiger partial charge in [-0.25, -0.2) is 0 Å². The average Bonchev–Trinajstić information content (AvgIpc) is 2.68. The first-order valence-corrected chi connectivity index (χ1v) is 11.6. The molecule has 2 nitrogen and oxygen atoms in total. The molecule has 2 aliphatic carbocycles. The van der Waals surface area contributed by atoms with E-state index in [4.69, 9.17) is 4.74 Å². The van der Waals surface area contributed by atoms with E-state index < -0.39 is 0 Å². The second-order valence-corrected chi connectivity index (χ2v) is 10.7. The van der Waals surface area contributed by atoms with Crippen LogP contribution in [0.4, 0.5) is 0 Å². The summed E-state index contributed by atoms with van der Waals surface area (Å²) in [5, 5.41) is 0. The fourth-order valence-electron chi connectivity index (χ4n) is 5.82. The molecule has 2 heteroatoms. The molecule has 1 aromatic rings. The zero-order valence-corrected chi connectivity index (χ0v) is 18.5. The molecule has 0 radical (unpaired) electrons. The van der Waals surface area contributed by atoms with Crippen molar-refractivity contribution in [1.82, 2.24) is 0 Å². The lowest BCUT2D eigenvalue weighted by atomic mass is 9.71. The number of nitrogens with zero attached hydrogens (tertiary/aromatic N) is 1. The number of benzene rings is 1. The topological polar surface area (TPSA) is 9.23 Å². The van der Waals surface area contributed by atoms with Gasteiger partial charge in [0.05, 0.1) is 31.8 Å². The number of fused-ring (bicyclic) bond motifs is 2. The molecule has 1 fully saturated rings. The molecule has 1 heterocycles. The largest absolute Gasteiger partial charge is 0.370 e. The van der Waals surface area contributed by atoms with Gasteiger partial charge < -0.3 is 9.22 Å². The Morgan fingerprint density at radius 3 is 2.36 bits per heavy atom. The summed E-state index contributed by atoms with van der Waals surface area (Å²) in [5.41, 5.74) is 5.13. The van der Waals surface area contributed by atoms with Gasteiger partial charge in [-0.3, -0.25) is 0 Å². The van der Waals surface area contributed by atoms with E-state index in [0.29, 0.717) is 12.2 Å². The van der Waals surface area contributed by atoms with Gasteiger partial charge in [-0.05, 0) is 57.9 Å². The minimum atomic E-state index is 0.164. The van der Waals surface area contributed by atoms with E-state index >= 15 is 0 Å². The Morgan fingerprint density at radius 1 is 0.929 bits per heavy atom. The highest BCUT2D eigenvalue weighted by atomic mass is 16.5. The normalized spacial score (nSPS) is 28.6. The molecule has 0 aromatic heterocycles. The molecule has 0 saturated heterocycles. The lowest BCUT2D eigenvalue weighted by Gasteiger charge is -2.50. The maximum absolute atomic E-state index is 6.87. The summed E-state index contributed by atoms with van der Waals surface area (Å²) in [6.07, 6.45) is 12.8. The molecule has 0 amide bonds. The van der Waals surface area contributed by atoms with Crippen LogP contribution < -0.4 is 0 Å². The van der Waals surface area contributed by atoms with Gasteiger partial charge in [0, 0.05) is 17.9 Å². The van der Waals surface area contributed by atoms with Gasteiger partial charge in [0.15, 0.2) is 0 Å². The monoisotopic (exact) mass is 382 g/mol. The lowest BCUT2D eigenvalue weighted by Crippen LogP contribution is -2.57. The molecular formula is C26H40NO+. The van der Waals surface area contributed by atoms with Crippen LogP contribution in [0.3, 0.4) is 0 Å². The molecule has 3 aliphatic rings. The SMILES string of the molecule is CC(C)(C[C@@H]1O[C@@H]2CCCC[C@H]2C2=C1CCCC2)[N+](C)(C)Cc1ccccc1. The van der Waals surface area contributed by atoms with Crippen molar-refractivity contribution in [2.45, 2.75) is 95.9 Å². The second kappa shape index (κ2) is 7.95. The van der Waals surface area contributed by atoms with Gasteiger partial charge in [0.1, 0.15) is 6.54 Å². The summed E-state index contributed by atoms with van der Waals surface area (Å²) < 4.78 is 7.87. The fourth-order valence-corrected chi connectivity index (χ4v) is 5.82. The van der Waals surface area contributed by atoms with Gasteiger partial charge in [0.25, 0.3) is 0 Å². The summed E-state index contributed by atoms with van der Waals surface area (Å²) >= 11 is 0. The van der Waals surface area contributed by atoms with Crippen LogP contribution >= 0.6 is 0 Å². The predicted molar refractivity (Wildman–Crippen MR) is 117 cm³/mol. The number of rotatable bonds is 5. The summed E-state index contributed by atoms with van der Waals surface area (Å²) in [6.45, 7) is 5.98. The van der Waals surface area contributed by atoms with Crippen molar-refractivity contribution in [3.63, 3.8) is 0 Å². The predicted octanol–water partition coefficient (Wildman–Crippen LogP) is 6.26. The van der Waals surface area contributed by atoms with Gasteiger partial charge in [-0.15, -0.1) is 0 Å². The molecular weight excluding hydrogens is 342 g/mol. The third-order valence-electron chi connectivity index (χ3n) is 8.18. The third-order valence-corrected chi connectivity index (χ3v) is 8.18. The van der Waals surface area contributed by atoms with Crippen LogP contribution in [-0.4, -0.2) is 36.3 Å². The zero-order chi connectivity index (χ0) is 19.8. The number of hydrogen-bond donors (Lipinski definition) is 0. The standard InChI is InChI=1S/C26H40NO/c1-26(2,27(3,4)19-20-12-6-5-7-13-20)18-25-23-16-9-8-14-21(23)22-15-10-11-17-24(22)28-25/h5-7,12-13,22,24-25H,8-11,14-19H2,1-4H3/q+1/t22-,24+,25-/m0/s1. The van der Waals surface area contributed by atoms with Crippen molar-refractivity contribution >= 4 is 0 Å². The molecule has 3 atom stereocenters. The van der Waals surface area contributed by atoms with Crippen LogP contribution in [0.2, 0.25) is 0 Å². The van der Waals surface area contributed by atoms with E-state index in [1.54, 1.807) is 5.57 Å². The highest BCUT2D eigenvalue weighted by Crippen LogP contribution is 2.47. The van der Waals surface area contributed by atoms with Crippen molar-refractivity contribution in [3.8, 4) is 0 Å². The van der Waals surface area contributed by atoms with Crippen LogP contribution in [0.1, 0.15) is 77.2 Å². The maximum Gasteiger partial charge on any atom is 0.104 e. The maximum atomic E-state index is 6.87. The highest BCUT2D eigenvalue weighted by Gasteiger charge is 2.45. The van der Waals surface area contributed by atoms with E-state index in [0.717, 1.165) is 23.4 Å². The van der Waals surface area contributed by atoms with Gasteiger partial charge in [-0.2, -0.15) is 0 Å². The molecule has 0 N–H and O–H groups in total. The van der Waals surface area contributed by atoms with Gasteiger partial charge in [0.2, 0.25) is 0 Å². The quantitative estimate of drug-likeness (QED) is 0.431. The smallest absolute Gasteiger partial charge is 0.104 e. The summed E-state index contributed by atoms with van der Waals surface area (Å²) in [4.78, 5) is 0. The number of quaternary nitrogens is 1. The summed E-state index contributed by atoms with van der Waals surface area (Å²) in [5.74, 6) is 0.746. The summed E-state index contributed by atoms with van der Waals surface area (Å²) in [7, 11) is 4.80. The van der Waals surface area contributed by atoms with Crippen LogP contribution in [-0.2, 0) is 11.3 Å². The van der Waals surface area contributed by atoms with E-state index in [-0.39, 0.29) is 5.54 Å². The minimum absolute atomic E-state index is 0.164. The van der Waals surface area contributed by atoms with Crippen LogP contribution in [0.25, 0.3) is 0 Å². The molecule has 154 valence electrons. The Bertz CT molecular complexity index is 702. The minimum Gasteiger partial charge on any atom is -0.370 e. The van der Waals surface area contributed by atoms with Crippen molar-refractivity contribution < 1.29 is 9.22 Å². The van der Waals surface area contributed by atoms with Crippen LogP contribution in [0, 0.1) is 5.92 Å². The summed E-state index contributed by atoms with van der Waals surface area (Å²) in [6, 6.07) is 11.0. The molecule has 4 rings (SSSR count). The van der Waals surface area contributed by atoms with Crippen molar-refractivity contribution in [2.24, 2.45) is 5.92 Å². The first-order chi connectivity index (χ1) is 13.4. The van der Waals surface area contributed by atoms with E-state index in [9.17, 15) is 0 Å². The fraction of sp³-hybridized carbons (Fsp3) is 0.692. The van der Waals surface area contributed by atoms with Gasteiger partial charge >= 0.3 is 0 Å². The van der Waals surface area contributed by atoms with Crippen molar-refractivity contribution in [3.05, 3.63) is 47.0 Å². The van der Waals surface area contributed by atoms with E-state index in [2.05, 4.69) is 58.3 Å².